The Hall–Kier alpha value is -2.37. The van der Waals surface area contributed by atoms with E-state index in [0.717, 1.165) is 16.0 Å². The van der Waals surface area contributed by atoms with Crippen molar-refractivity contribution in [2.75, 3.05) is 0 Å². The van der Waals surface area contributed by atoms with Gasteiger partial charge < -0.3 is 4.57 Å². The van der Waals surface area contributed by atoms with Gasteiger partial charge in [0.15, 0.2) is 0 Å². The Balaban J connectivity index is 1.88. The lowest BCUT2D eigenvalue weighted by molar-refractivity contribution is 0.598. The van der Waals surface area contributed by atoms with Crippen LogP contribution in [0.1, 0.15) is 0 Å². The van der Waals surface area contributed by atoms with Gasteiger partial charge in [0.2, 0.25) is 0 Å². The summed E-state index contributed by atoms with van der Waals surface area (Å²) in [5, 5.41) is 6.66. The van der Waals surface area contributed by atoms with Crippen molar-refractivity contribution in [3.05, 3.63) is 84.9 Å². The summed E-state index contributed by atoms with van der Waals surface area (Å²) in [6, 6.07) is 28.5. The van der Waals surface area contributed by atoms with Gasteiger partial charge in [0.05, 0.1) is 0 Å². The molecular weight excluding hydrogens is 287 g/mol. The van der Waals surface area contributed by atoms with Crippen LogP contribution in [0, 0.1) is 0 Å². The topological polar surface area (TPSA) is 17.1 Å². The van der Waals surface area contributed by atoms with Crippen LogP contribution in [0.5, 0.6) is 0 Å². The molecule has 0 heterocycles. The van der Waals surface area contributed by atoms with Crippen molar-refractivity contribution in [3.63, 3.8) is 0 Å². The standard InChI is InChI=1S/C20H15OP/c21-22(17-7-2-1-3-8-17)18-12-13-20-16(14-18)11-10-15-6-4-5-9-19(15)20/h1-14,22H. The quantitative estimate of drug-likeness (QED) is 0.393. The molecule has 1 nitrogen and oxygen atoms in total. The van der Waals surface area contributed by atoms with E-state index in [0.29, 0.717) is 0 Å². The van der Waals surface area contributed by atoms with Gasteiger partial charge in [-0.3, -0.25) is 0 Å². The fraction of sp³-hybridized carbons (Fsp3) is 0. The van der Waals surface area contributed by atoms with E-state index < -0.39 is 7.80 Å². The number of fused-ring (bicyclic) bond motifs is 3. The summed E-state index contributed by atoms with van der Waals surface area (Å²) in [5.41, 5.74) is 0. The van der Waals surface area contributed by atoms with E-state index in [9.17, 15) is 4.57 Å². The fourth-order valence-corrected chi connectivity index (χ4v) is 4.26. The summed E-state index contributed by atoms with van der Waals surface area (Å²) in [7, 11) is -1.94. The zero-order chi connectivity index (χ0) is 14.9. The summed E-state index contributed by atoms with van der Waals surface area (Å²) in [5.74, 6) is 0. The molecule has 0 radical (unpaired) electrons. The van der Waals surface area contributed by atoms with E-state index in [4.69, 9.17) is 0 Å². The van der Waals surface area contributed by atoms with Crippen molar-refractivity contribution >= 4 is 40.0 Å². The van der Waals surface area contributed by atoms with E-state index in [-0.39, 0.29) is 0 Å². The van der Waals surface area contributed by atoms with Crippen LogP contribution in [0.2, 0.25) is 0 Å². The molecule has 0 fully saturated rings. The normalized spacial score (nSPS) is 12.5. The summed E-state index contributed by atoms with van der Waals surface area (Å²) in [6.07, 6.45) is 0. The molecule has 0 spiro atoms. The second kappa shape index (κ2) is 5.44. The highest BCUT2D eigenvalue weighted by Crippen LogP contribution is 2.27. The second-order valence-corrected chi connectivity index (χ2v) is 7.23. The highest BCUT2D eigenvalue weighted by Gasteiger charge is 2.08. The maximum atomic E-state index is 12.7. The van der Waals surface area contributed by atoms with Gasteiger partial charge in [0.25, 0.3) is 0 Å². The maximum Gasteiger partial charge on any atom is 0.131 e. The van der Waals surface area contributed by atoms with E-state index in [1.165, 1.54) is 16.2 Å². The van der Waals surface area contributed by atoms with Crippen molar-refractivity contribution in [2.45, 2.75) is 0 Å². The van der Waals surface area contributed by atoms with Crippen LogP contribution in [0.15, 0.2) is 84.9 Å². The molecule has 0 bridgehead atoms. The average molecular weight is 302 g/mol. The molecule has 106 valence electrons. The van der Waals surface area contributed by atoms with Crippen LogP contribution in [-0.2, 0) is 4.57 Å². The van der Waals surface area contributed by atoms with Gasteiger partial charge in [0, 0.05) is 10.6 Å². The summed E-state index contributed by atoms with van der Waals surface area (Å²) in [4.78, 5) is 0. The molecule has 0 aliphatic carbocycles. The Morgan fingerprint density at radius 1 is 0.545 bits per heavy atom. The van der Waals surface area contributed by atoms with Crippen LogP contribution in [0.25, 0.3) is 21.5 Å². The molecule has 2 heteroatoms. The van der Waals surface area contributed by atoms with Crippen molar-refractivity contribution in [1.82, 2.24) is 0 Å². The first-order valence-corrected chi connectivity index (χ1v) is 8.75. The first kappa shape index (κ1) is 13.3. The zero-order valence-corrected chi connectivity index (χ0v) is 13.0. The summed E-state index contributed by atoms with van der Waals surface area (Å²) < 4.78 is 12.7. The van der Waals surface area contributed by atoms with E-state index in [2.05, 4.69) is 48.5 Å². The third-order valence-corrected chi connectivity index (χ3v) is 5.74. The third-order valence-electron chi connectivity index (χ3n) is 4.04. The number of benzene rings is 4. The Bertz CT molecular complexity index is 990. The second-order valence-electron chi connectivity index (χ2n) is 5.42. The predicted molar refractivity (Wildman–Crippen MR) is 96.2 cm³/mol. The number of hydrogen-bond acceptors (Lipinski definition) is 1. The molecule has 0 saturated heterocycles. The lowest BCUT2D eigenvalue weighted by Crippen LogP contribution is -2.05. The molecule has 22 heavy (non-hydrogen) atoms. The molecule has 4 aromatic rings. The van der Waals surface area contributed by atoms with Crippen LogP contribution >= 0.6 is 7.80 Å². The zero-order valence-electron chi connectivity index (χ0n) is 12.0. The van der Waals surface area contributed by atoms with Gasteiger partial charge in [-0.25, -0.2) is 0 Å². The largest absolute Gasteiger partial charge is 0.317 e. The molecule has 0 aliphatic heterocycles. The lowest BCUT2D eigenvalue weighted by Gasteiger charge is -2.07. The van der Waals surface area contributed by atoms with Crippen molar-refractivity contribution in [3.8, 4) is 0 Å². The first-order valence-electron chi connectivity index (χ1n) is 7.34. The van der Waals surface area contributed by atoms with Crippen LogP contribution in [-0.4, -0.2) is 0 Å². The minimum Gasteiger partial charge on any atom is -0.317 e. The maximum absolute atomic E-state index is 12.7. The average Bonchev–Trinajstić information content (AvgIpc) is 2.61. The van der Waals surface area contributed by atoms with Gasteiger partial charge in [0.1, 0.15) is 7.80 Å². The smallest absolute Gasteiger partial charge is 0.131 e. The molecule has 4 rings (SSSR count). The van der Waals surface area contributed by atoms with Crippen LogP contribution < -0.4 is 10.6 Å². The van der Waals surface area contributed by atoms with Crippen LogP contribution in [0.4, 0.5) is 0 Å². The Morgan fingerprint density at radius 3 is 2.09 bits per heavy atom. The predicted octanol–water partition coefficient (Wildman–Crippen LogP) is 4.50. The molecular formula is C20H15OP. The van der Waals surface area contributed by atoms with Crippen molar-refractivity contribution in [1.29, 1.82) is 0 Å². The van der Waals surface area contributed by atoms with Crippen molar-refractivity contribution < 1.29 is 4.57 Å². The van der Waals surface area contributed by atoms with Gasteiger partial charge in [-0.15, -0.1) is 0 Å². The molecule has 0 amide bonds. The lowest BCUT2D eigenvalue weighted by atomic mass is 10.0. The number of hydrogen-bond donors (Lipinski definition) is 0. The molecule has 0 aliphatic rings. The Morgan fingerprint density at radius 2 is 1.23 bits per heavy atom. The number of rotatable bonds is 2. The Kier molecular flexibility index (Phi) is 3.29. The molecule has 0 saturated carbocycles. The monoisotopic (exact) mass is 302 g/mol. The molecule has 4 aromatic carbocycles. The molecule has 0 N–H and O–H groups in total. The minimum atomic E-state index is -1.94. The Labute approximate surface area is 130 Å². The summed E-state index contributed by atoms with van der Waals surface area (Å²) in [6.45, 7) is 0. The van der Waals surface area contributed by atoms with Crippen molar-refractivity contribution in [2.24, 2.45) is 0 Å². The van der Waals surface area contributed by atoms with E-state index in [1.807, 2.05) is 36.4 Å². The molecule has 0 aromatic heterocycles. The van der Waals surface area contributed by atoms with E-state index >= 15 is 0 Å². The minimum absolute atomic E-state index is 0.910. The molecule has 1 unspecified atom stereocenters. The van der Waals surface area contributed by atoms with Gasteiger partial charge in [-0.1, -0.05) is 78.9 Å². The SMILES string of the molecule is O=[PH](c1ccccc1)c1ccc2c(ccc3ccccc32)c1. The highest BCUT2D eigenvalue weighted by molar-refractivity contribution is 7.61. The fourth-order valence-electron chi connectivity index (χ4n) is 2.91. The van der Waals surface area contributed by atoms with Gasteiger partial charge >= 0.3 is 0 Å². The third kappa shape index (κ3) is 2.24. The summed E-state index contributed by atoms with van der Waals surface area (Å²) >= 11 is 0. The van der Waals surface area contributed by atoms with E-state index in [1.54, 1.807) is 0 Å². The molecule has 1 atom stereocenters. The van der Waals surface area contributed by atoms with Gasteiger partial charge in [-0.05, 0) is 27.6 Å². The van der Waals surface area contributed by atoms with Gasteiger partial charge in [-0.2, -0.15) is 0 Å². The first-order chi connectivity index (χ1) is 10.8. The highest BCUT2D eigenvalue weighted by atomic mass is 31.1. The van der Waals surface area contributed by atoms with Crippen LogP contribution in [0.3, 0.4) is 0 Å².